The molecule has 2 rings (SSSR count). The Morgan fingerprint density at radius 1 is 1.50 bits per heavy atom. The van der Waals surface area contributed by atoms with Crippen molar-refractivity contribution >= 4 is 40.6 Å². The highest BCUT2D eigenvalue weighted by Crippen LogP contribution is 2.49. The molecule has 1 aliphatic heterocycles. The van der Waals surface area contributed by atoms with Crippen molar-refractivity contribution in [2.45, 2.75) is 58.7 Å². The van der Waals surface area contributed by atoms with E-state index in [1.165, 1.54) is 11.3 Å². The maximum atomic E-state index is 12.4. The number of hydrogen-bond acceptors (Lipinski definition) is 4. The summed E-state index contributed by atoms with van der Waals surface area (Å²) in [5.74, 6) is 0. The second-order valence-corrected chi connectivity index (χ2v) is 9.53. The Balaban J connectivity index is 2.18. The van der Waals surface area contributed by atoms with Gasteiger partial charge in [-0.25, -0.2) is 4.79 Å². The van der Waals surface area contributed by atoms with Gasteiger partial charge in [0.1, 0.15) is 9.94 Å². The smallest absolute Gasteiger partial charge is 0.410 e. The summed E-state index contributed by atoms with van der Waals surface area (Å²) in [6.45, 7) is 8.70. The van der Waals surface area contributed by atoms with E-state index >= 15 is 0 Å². The van der Waals surface area contributed by atoms with Gasteiger partial charge in [0.15, 0.2) is 0 Å². The summed E-state index contributed by atoms with van der Waals surface area (Å²) in [6, 6.07) is 1.73. The molecule has 2 unspecified atom stereocenters. The third-order valence-electron chi connectivity index (χ3n) is 4.30. The van der Waals surface area contributed by atoms with Crippen molar-refractivity contribution in [3.05, 3.63) is 20.3 Å². The van der Waals surface area contributed by atoms with Crippen LogP contribution in [0.5, 0.6) is 0 Å². The van der Waals surface area contributed by atoms with Gasteiger partial charge in [0.25, 0.3) is 0 Å². The van der Waals surface area contributed by atoms with Gasteiger partial charge in [-0.05, 0) is 39.7 Å². The fourth-order valence-electron chi connectivity index (χ4n) is 3.24. The van der Waals surface area contributed by atoms with Gasteiger partial charge >= 0.3 is 6.09 Å². The molecule has 2 atom stereocenters. The average Bonchev–Trinajstić information content (AvgIpc) is 3.03. The molecule has 136 valence electrons. The number of ether oxygens (including phenoxy) is 1. The fourth-order valence-corrected chi connectivity index (χ4v) is 4.76. The summed E-state index contributed by atoms with van der Waals surface area (Å²) in [4.78, 5) is 14.8. The molecule has 4 nitrogen and oxygen atoms in total. The van der Waals surface area contributed by atoms with Crippen molar-refractivity contribution in [1.29, 1.82) is 0 Å². The van der Waals surface area contributed by atoms with Crippen LogP contribution in [0.3, 0.4) is 0 Å². The molecule has 7 heteroatoms. The van der Waals surface area contributed by atoms with Gasteiger partial charge in [0.2, 0.25) is 0 Å². The van der Waals surface area contributed by atoms with E-state index in [0.29, 0.717) is 22.4 Å². The van der Waals surface area contributed by atoms with Crippen molar-refractivity contribution in [1.82, 2.24) is 4.90 Å². The Morgan fingerprint density at radius 2 is 2.17 bits per heavy atom. The van der Waals surface area contributed by atoms with E-state index in [1.54, 1.807) is 11.0 Å². The minimum Gasteiger partial charge on any atom is -0.444 e. The van der Waals surface area contributed by atoms with Gasteiger partial charge in [0.05, 0.1) is 11.1 Å². The van der Waals surface area contributed by atoms with Crippen LogP contribution >= 0.6 is 34.5 Å². The number of rotatable bonds is 4. The molecule has 0 radical (unpaired) electrons. The largest absolute Gasteiger partial charge is 0.444 e. The Bertz CT molecular complexity index is 580. The van der Waals surface area contributed by atoms with Crippen LogP contribution in [-0.2, 0) is 4.74 Å². The standard InChI is InChI=1S/C17H25Cl2NO3S/c1-5-6-17(13(21)12-9-11(18)14(19)24-12)7-8-20(10-17)15(22)23-16(2,3)4/h9,13,21H,5-8,10H2,1-4H3. The van der Waals surface area contributed by atoms with Crippen LogP contribution in [0, 0.1) is 5.41 Å². The maximum absolute atomic E-state index is 12.4. The summed E-state index contributed by atoms with van der Waals surface area (Å²) < 4.78 is 5.95. The molecule has 0 saturated carbocycles. The fraction of sp³-hybridized carbons (Fsp3) is 0.706. The maximum Gasteiger partial charge on any atom is 0.410 e. The number of carbonyl (C=O) groups is 1. The molecule has 0 spiro atoms. The number of carbonyl (C=O) groups excluding carboxylic acids is 1. The minimum atomic E-state index is -0.695. The van der Waals surface area contributed by atoms with Crippen molar-refractivity contribution in [3.8, 4) is 0 Å². The number of amides is 1. The normalized spacial score (nSPS) is 22.7. The molecular formula is C17H25Cl2NO3S. The van der Waals surface area contributed by atoms with Gasteiger partial charge in [-0.3, -0.25) is 0 Å². The van der Waals surface area contributed by atoms with E-state index in [1.807, 2.05) is 20.8 Å². The third kappa shape index (κ3) is 4.37. The molecular weight excluding hydrogens is 369 g/mol. The van der Waals surface area contributed by atoms with Gasteiger partial charge in [-0.15, -0.1) is 11.3 Å². The van der Waals surface area contributed by atoms with E-state index in [4.69, 9.17) is 27.9 Å². The second-order valence-electron chi connectivity index (χ2n) is 7.44. The molecule has 1 fully saturated rings. The van der Waals surface area contributed by atoms with Gasteiger partial charge in [-0.2, -0.15) is 0 Å². The summed E-state index contributed by atoms with van der Waals surface area (Å²) in [5, 5.41) is 11.4. The summed E-state index contributed by atoms with van der Waals surface area (Å²) in [5.41, 5.74) is -0.913. The van der Waals surface area contributed by atoms with E-state index in [-0.39, 0.29) is 11.5 Å². The minimum absolute atomic E-state index is 0.324. The van der Waals surface area contributed by atoms with Crippen LogP contribution in [0.25, 0.3) is 0 Å². The molecule has 1 saturated heterocycles. The Kier molecular flexibility index (Phi) is 6.12. The predicted molar refractivity (Wildman–Crippen MR) is 99.1 cm³/mol. The topological polar surface area (TPSA) is 49.8 Å². The van der Waals surface area contributed by atoms with Crippen LogP contribution in [0.15, 0.2) is 6.07 Å². The highest BCUT2D eigenvalue weighted by Gasteiger charge is 2.46. The average molecular weight is 394 g/mol. The second kappa shape index (κ2) is 7.40. The van der Waals surface area contributed by atoms with Crippen LogP contribution in [0.1, 0.15) is 57.9 Å². The first-order valence-corrected chi connectivity index (χ1v) is 9.76. The first kappa shape index (κ1) is 19.8. The number of hydrogen-bond donors (Lipinski definition) is 1. The summed E-state index contributed by atoms with van der Waals surface area (Å²) >= 11 is 13.4. The van der Waals surface area contributed by atoms with E-state index < -0.39 is 11.7 Å². The number of likely N-dealkylation sites (tertiary alicyclic amines) is 1. The highest BCUT2D eigenvalue weighted by molar-refractivity contribution is 7.17. The lowest BCUT2D eigenvalue weighted by atomic mass is 9.76. The zero-order chi connectivity index (χ0) is 18.1. The molecule has 24 heavy (non-hydrogen) atoms. The van der Waals surface area contributed by atoms with Crippen molar-refractivity contribution in [3.63, 3.8) is 0 Å². The number of nitrogens with zero attached hydrogens (tertiary/aromatic N) is 1. The molecule has 0 aliphatic carbocycles. The lowest BCUT2D eigenvalue weighted by Gasteiger charge is -2.34. The summed E-state index contributed by atoms with van der Waals surface area (Å²) in [7, 11) is 0. The molecule has 2 heterocycles. The van der Waals surface area contributed by atoms with Crippen molar-refractivity contribution in [2.75, 3.05) is 13.1 Å². The van der Waals surface area contributed by atoms with Gasteiger partial charge < -0.3 is 14.7 Å². The molecule has 1 amide bonds. The zero-order valence-corrected chi connectivity index (χ0v) is 16.9. The number of aliphatic hydroxyl groups excluding tert-OH is 1. The van der Waals surface area contributed by atoms with Crippen LogP contribution < -0.4 is 0 Å². The quantitative estimate of drug-likeness (QED) is 0.732. The first-order valence-electron chi connectivity index (χ1n) is 8.19. The Morgan fingerprint density at radius 3 is 2.67 bits per heavy atom. The van der Waals surface area contributed by atoms with E-state index in [9.17, 15) is 9.90 Å². The molecule has 1 aliphatic rings. The lowest BCUT2D eigenvalue weighted by molar-refractivity contribution is 0.00865. The predicted octanol–water partition coefficient (Wildman–Crippen LogP) is 5.52. The molecule has 1 aromatic heterocycles. The number of halogens is 2. The third-order valence-corrected chi connectivity index (χ3v) is 6.22. The number of aliphatic hydroxyl groups is 1. The van der Waals surface area contributed by atoms with Crippen LogP contribution in [0.4, 0.5) is 4.79 Å². The van der Waals surface area contributed by atoms with Crippen LogP contribution in [0.2, 0.25) is 9.36 Å². The number of thiophene rings is 1. The van der Waals surface area contributed by atoms with Crippen molar-refractivity contribution < 1.29 is 14.6 Å². The summed E-state index contributed by atoms with van der Waals surface area (Å²) in [6.07, 6.45) is 1.45. The van der Waals surface area contributed by atoms with Crippen LogP contribution in [-0.4, -0.2) is 34.8 Å². The van der Waals surface area contributed by atoms with Gasteiger partial charge in [0, 0.05) is 23.4 Å². The van der Waals surface area contributed by atoms with E-state index in [0.717, 1.165) is 24.1 Å². The SMILES string of the molecule is CCCC1(C(O)c2cc(Cl)c(Cl)s2)CCN(C(=O)OC(C)(C)C)C1. The monoisotopic (exact) mass is 393 g/mol. The first-order chi connectivity index (χ1) is 11.1. The molecule has 1 aromatic rings. The van der Waals surface area contributed by atoms with E-state index in [2.05, 4.69) is 6.92 Å². The van der Waals surface area contributed by atoms with Gasteiger partial charge in [-0.1, -0.05) is 36.5 Å². The highest BCUT2D eigenvalue weighted by atomic mass is 35.5. The molecule has 1 N–H and O–H groups in total. The van der Waals surface area contributed by atoms with Crippen molar-refractivity contribution in [2.24, 2.45) is 5.41 Å². The lowest BCUT2D eigenvalue weighted by Crippen LogP contribution is -2.38. The zero-order valence-electron chi connectivity index (χ0n) is 14.6. The Labute approximate surface area is 157 Å². The molecule has 0 aromatic carbocycles. The molecule has 0 bridgehead atoms. The Hall–Kier alpha value is -0.490.